The fraction of sp³-hybridized carbons (Fsp3) is 0.412. The molecule has 2 rings (SSSR count). The summed E-state index contributed by atoms with van der Waals surface area (Å²) in [4.78, 5) is 2.84. The Morgan fingerprint density at radius 2 is 1.74 bits per heavy atom. The van der Waals surface area contributed by atoms with Gasteiger partial charge in [0.15, 0.2) is 0 Å². The predicted molar refractivity (Wildman–Crippen MR) is 85.1 cm³/mol. The van der Waals surface area contributed by atoms with Crippen LogP contribution in [0.4, 0.5) is 0 Å². The molecule has 0 aliphatic carbocycles. The van der Waals surface area contributed by atoms with Crippen molar-refractivity contribution in [2.75, 3.05) is 7.05 Å². The molecule has 0 amide bonds. The van der Waals surface area contributed by atoms with Gasteiger partial charge in [0.1, 0.15) is 0 Å². The van der Waals surface area contributed by atoms with Crippen LogP contribution in [-0.2, 0) is 5.41 Å². The SMILES string of the molecule is CNC(c1sc(C)cc1C)C(C)(C)c1ccccc1. The second-order valence-electron chi connectivity index (χ2n) is 5.71. The van der Waals surface area contributed by atoms with E-state index in [4.69, 9.17) is 0 Å². The Morgan fingerprint density at radius 3 is 2.21 bits per heavy atom. The number of thiophene rings is 1. The summed E-state index contributed by atoms with van der Waals surface area (Å²) in [6.07, 6.45) is 0. The third kappa shape index (κ3) is 2.75. The fourth-order valence-electron chi connectivity index (χ4n) is 2.80. The molecule has 0 aliphatic heterocycles. The summed E-state index contributed by atoms with van der Waals surface area (Å²) >= 11 is 1.91. The lowest BCUT2D eigenvalue weighted by molar-refractivity contribution is 0.372. The third-order valence-corrected chi connectivity index (χ3v) is 5.09. The highest BCUT2D eigenvalue weighted by molar-refractivity contribution is 7.12. The zero-order valence-electron chi connectivity index (χ0n) is 12.4. The number of hydrogen-bond acceptors (Lipinski definition) is 2. The molecule has 0 spiro atoms. The van der Waals surface area contributed by atoms with Crippen LogP contribution >= 0.6 is 11.3 Å². The van der Waals surface area contributed by atoms with Gasteiger partial charge in [-0.3, -0.25) is 0 Å². The number of rotatable bonds is 4. The lowest BCUT2D eigenvalue weighted by atomic mass is 9.76. The van der Waals surface area contributed by atoms with E-state index in [1.165, 1.54) is 20.9 Å². The van der Waals surface area contributed by atoms with E-state index < -0.39 is 0 Å². The van der Waals surface area contributed by atoms with Gasteiger partial charge >= 0.3 is 0 Å². The standard InChI is InChI=1S/C17H23NS/c1-12-11-13(2)19-15(12)16(18-5)17(3,4)14-9-7-6-8-10-14/h6-11,16,18H,1-5H3. The van der Waals surface area contributed by atoms with Crippen LogP contribution in [-0.4, -0.2) is 7.05 Å². The smallest absolute Gasteiger partial charge is 0.0507 e. The van der Waals surface area contributed by atoms with Crippen LogP contribution in [0.3, 0.4) is 0 Å². The van der Waals surface area contributed by atoms with E-state index in [0.717, 1.165) is 0 Å². The molecule has 0 radical (unpaired) electrons. The first kappa shape index (κ1) is 14.3. The van der Waals surface area contributed by atoms with Crippen LogP contribution < -0.4 is 5.32 Å². The van der Waals surface area contributed by atoms with Crippen LogP contribution in [0.15, 0.2) is 36.4 Å². The van der Waals surface area contributed by atoms with Gasteiger partial charge in [-0.1, -0.05) is 44.2 Å². The summed E-state index contributed by atoms with van der Waals surface area (Å²) in [6, 6.07) is 13.4. The van der Waals surface area contributed by atoms with Crippen molar-refractivity contribution >= 4 is 11.3 Å². The number of hydrogen-bond donors (Lipinski definition) is 1. The Balaban J connectivity index is 2.44. The molecule has 2 aromatic rings. The first-order chi connectivity index (χ1) is 8.96. The number of nitrogens with one attached hydrogen (secondary N) is 1. The molecule has 1 heterocycles. The molecule has 1 unspecified atom stereocenters. The first-order valence-electron chi connectivity index (χ1n) is 6.76. The van der Waals surface area contributed by atoms with Gasteiger partial charge in [-0.25, -0.2) is 0 Å². The maximum Gasteiger partial charge on any atom is 0.0507 e. The van der Waals surface area contributed by atoms with Crippen molar-refractivity contribution in [1.29, 1.82) is 0 Å². The van der Waals surface area contributed by atoms with Gasteiger partial charge in [0.25, 0.3) is 0 Å². The summed E-state index contributed by atoms with van der Waals surface area (Å²) in [5.41, 5.74) is 2.84. The van der Waals surface area contributed by atoms with Crippen molar-refractivity contribution < 1.29 is 0 Å². The Kier molecular flexibility index (Phi) is 4.12. The number of likely N-dealkylation sites (N-methyl/N-ethyl adjacent to an activating group) is 1. The fourth-order valence-corrected chi connectivity index (χ4v) is 4.13. The van der Waals surface area contributed by atoms with Gasteiger partial charge in [0.2, 0.25) is 0 Å². The van der Waals surface area contributed by atoms with E-state index in [-0.39, 0.29) is 5.41 Å². The minimum atomic E-state index is 0.0675. The average Bonchev–Trinajstić information content (AvgIpc) is 2.70. The molecule has 1 N–H and O–H groups in total. The molecule has 1 aromatic carbocycles. The van der Waals surface area contributed by atoms with Crippen molar-refractivity contribution in [2.24, 2.45) is 0 Å². The van der Waals surface area contributed by atoms with Crippen LogP contribution in [0.1, 0.15) is 40.8 Å². The molecule has 2 heteroatoms. The van der Waals surface area contributed by atoms with Crippen molar-refractivity contribution in [3.8, 4) is 0 Å². The van der Waals surface area contributed by atoms with Gasteiger partial charge in [0.05, 0.1) is 6.04 Å². The normalized spacial score (nSPS) is 13.5. The van der Waals surface area contributed by atoms with Crippen LogP contribution in [0, 0.1) is 13.8 Å². The van der Waals surface area contributed by atoms with E-state index in [2.05, 4.69) is 76.5 Å². The highest BCUT2D eigenvalue weighted by Gasteiger charge is 2.33. The Hall–Kier alpha value is -1.12. The van der Waals surface area contributed by atoms with Crippen molar-refractivity contribution in [3.05, 3.63) is 57.3 Å². The van der Waals surface area contributed by atoms with E-state index in [0.29, 0.717) is 6.04 Å². The van der Waals surface area contributed by atoms with Gasteiger partial charge in [-0.2, -0.15) is 0 Å². The summed E-state index contributed by atoms with van der Waals surface area (Å²) in [6.45, 7) is 9.03. The molecular weight excluding hydrogens is 250 g/mol. The molecular formula is C17H23NS. The van der Waals surface area contributed by atoms with Gasteiger partial charge < -0.3 is 5.32 Å². The molecule has 0 saturated carbocycles. The zero-order chi connectivity index (χ0) is 14.0. The minimum Gasteiger partial charge on any atom is -0.312 e. The highest BCUT2D eigenvalue weighted by Crippen LogP contribution is 2.40. The van der Waals surface area contributed by atoms with Gasteiger partial charge in [0, 0.05) is 15.2 Å². The lowest BCUT2D eigenvalue weighted by Gasteiger charge is -2.35. The summed E-state index contributed by atoms with van der Waals surface area (Å²) < 4.78 is 0. The number of benzene rings is 1. The predicted octanol–water partition coefficient (Wildman–Crippen LogP) is 4.60. The zero-order valence-corrected chi connectivity index (χ0v) is 13.3. The van der Waals surface area contributed by atoms with Gasteiger partial charge in [-0.05, 0) is 38.1 Å². The van der Waals surface area contributed by atoms with E-state index in [1.54, 1.807) is 0 Å². The molecule has 0 fully saturated rings. The van der Waals surface area contributed by atoms with E-state index in [9.17, 15) is 0 Å². The second kappa shape index (κ2) is 5.48. The molecule has 1 nitrogen and oxygen atoms in total. The summed E-state index contributed by atoms with van der Waals surface area (Å²) in [5.74, 6) is 0. The molecule has 1 atom stereocenters. The lowest BCUT2D eigenvalue weighted by Crippen LogP contribution is -2.35. The largest absolute Gasteiger partial charge is 0.312 e. The molecule has 19 heavy (non-hydrogen) atoms. The van der Waals surface area contributed by atoms with Crippen LogP contribution in [0.2, 0.25) is 0 Å². The monoisotopic (exact) mass is 273 g/mol. The Labute approximate surface area is 120 Å². The summed E-state index contributed by atoms with van der Waals surface area (Å²) in [5, 5.41) is 3.52. The van der Waals surface area contributed by atoms with Crippen LogP contribution in [0.5, 0.6) is 0 Å². The average molecular weight is 273 g/mol. The quantitative estimate of drug-likeness (QED) is 0.858. The number of aryl methyl sites for hydroxylation is 2. The Morgan fingerprint density at radius 1 is 1.11 bits per heavy atom. The molecule has 1 aromatic heterocycles. The van der Waals surface area contributed by atoms with Gasteiger partial charge in [-0.15, -0.1) is 11.3 Å². The van der Waals surface area contributed by atoms with Crippen molar-refractivity contribution in [2.45, 2.75) is 39.2 Å². The van der Waals surface area contributed by atoms with Crippen molar-refractivity contribution in [1.82, 2.24) is 5.32 Å². The molecule has 0 bridgehead atoms. The molecule has 102 valence electrons. The minimum absolute atomic E-state index is 0.0675. The molecule has 0 aliphatic rings. The first-order valence-corrected chi connectivity index (χ1v) is 7.58. The molecule has 0 saturated heterocycles. The van der Waals surface area contributed by atoms with E-state index >= 15 is 0 Å². The maximum absolute atomic E-state index is 3.52. The van der Waals surface area contributed by atoms with Crippen LogP contribution in [0.25, 0.3) is 0 Å². The van der Waals surface area contributed by atoms with Crippen molar-refractivity contribution in [3.63, 3.8) is 0 Å². The summed E-state index contributed by atoms with van der Waals surface area (Å²) in [7, 11) is 2.06. The van der Waals surface area contributed by atoms with E-state index in [1.807, 2.05) is 11.3 Å². The topological polar surface area (TPSA) is 12.0 Å². The third-order valence-electron chi connectivity index (χ3n) is 3.87. The highest BCUT2D eigenvalue weighted by atomic mass is 32.1. The maximum atomic E-state index is 3.52. The Bertz CT molecular complexity index is 540. The second-order valence-corrected chi connectivity index (χ2v) is 7.00.